The Hall–Kier alpha value is -2.38. The monoisotopic (exact) mass is 294 g/mol. The molecule has 1 aromatic rings. The van der Waals surface area contributed by atoms with Gasteiger partial charge in [-0.05, 0) is 19.3 Å². The highest BCUT2D eigenvalue weighted by Gasteiger charge is 2.43. The largest absolute Gasteiger partial charge is 0.477 e. The lowest BCUT2D eigenvalue weighted by atomic mass is 9.76. The highest BCUT2D eigenvalue weighted by atomic mass is 16.4. The molecule has 3 N–H and O–H groups in total. The van der Waals surface area contributed by atoms with Gasteiger partial charge in [-0.25, -0.2) is 9.78 Å². The molecule has 8 heteroatoms. The normalized spacial score (nSPS) is 15.9. The number of hydrogen-bond donors (Lipinski definition) is 3. The van der Waals surface area contributed by atoms with Gasteiger partial charge in [0.05, 0.1) is 18.3 Å². The number of rotatable bonds is 5. The molecule has 0 radical (unpaired) electrons. The molecule has 2 amide bonds. The minimum Gasteiger partial charge on any atom is -0.477 e. The van der Waals surface area contributed by atoms with Crippen LogP contribution < -0.4 is 5.32 Å². The van der Waals surface area contributed by atoms with E-state index in [2.05, 4.69) is 15.3 Å². The number of aromatic amines is 1. The molecule has 114 valence electrons. The van der Waals surface area contributed by atoms with Crippen molar-refractivity contribution in [3.8, 4) is 0 Å². The van der Waals surface area contributed by atoms with E-state index in [4.69, 9.17) is 5.11 Å². The van der Waals surface area contributed by atoms with Crippen molar-refractivity contribution in [3.63, 3.8) is 0 Å². The van der Waals surface area contributed by atoms with Gasteiger partial charge in [0.25, 0.3) is 0 Å². The van der Waals surface area contributed by atoms with Crippen LogP contribution in [0.5, 0.6) is 0 Å². The number of carboxylic acid groups (broad SMARTS) is 1. The number of likely N-dealkylation sites (N-methyl/N-ethyl adjacent to an activating group) is 1. The number of amides is 2. The summed E-state index contributed by atoms with van der Waals surface area (Å²) in [6.45, 7) is 1.35. The summed E-state index contributed by atoms with van der Waals surface area (Å²) < 4.78 is 0. The van der Waals surface area contributed by atoms with E-state index in [1.165, 1.54) is 18.0 Å². The second kappa shape index (κ2) is 5.55. The number of imidazole rings is 1. The summed E-state index contributed by atoms with van der Waals surface area (Å²) in [5.41, 5.74) is -0.658. The fourth-order valence-electron chi connectivity index (χ4n) is 2.26. The van der Waals surface area contributed by atoms with Crippen molar-refractivity contribution in [3.05, 3.63) is 17.7 Å². The Kier molecular flexibility index (Phi) is 3.97. The van der Waals surface area contributed by atoms with E-state index < -0.39 is 11.5 Å². The van der Waals surface area contributed by atoms with Crippen LogP contribution in [-0.4, -0.2) is 51.4 Å². The maximum absolute atomic E-state index is 12.0. The molecule has 1 fully saturated rings. The van der Waals surface area contributed by atoms with E-state index in [1.807, 2.05) is 0 Å². The lowest BCUT2D eigenvalue weighted by Crippen LogP contribution is -2.54. The summed E-state index contributed by atoms with van der Waals surface area (Å²) in [7, 11) is 1.55. The van der Waals surface area contributed by atoms with E-state index >= 15 is 0 Å². The van der Waals surface area contributed by atoms with Crippen LogP contribution in [0.4, 0.5) is 0 Å². The van der Waals surface area contributed by atoms with Crippen molar-refractivity contribution in [1.82, 2.24) is 20.2 Å². The zero-order chi connectivity index (χ0) is 15.6. The summed E-state index contributed by atoms with van der Waals surface area (Å²) >= 11 is 0. The van der Waals surface area contributed by atoms with Gasteiger partial charge in [0.1, 0.15) is 11.5 Å². The van der Waals surface area contributed by atoms with Crippen molar-refractivity contribution >= 4 is 17.8 Å². The second-order valence-electron chi connectivity index (χ2n) is 5.31. The summed E-state index contributed by atoms with van der Waals surface area (Å²) in [4.78, 5) is 42.2. The van der Waals surface area contributed by atoms with Crippen molar-refractivity contribution in [2.24, 2.45) is 0 Å². The molecule has 0 atom stereocenters. The Balaban J connectivity index is 2.09. The van der Waals surface area contributed by atoms with E-state index in [9.17, 15) is 14.4 Å². The molecule has 1 aromatic heterocycles. The summed E-state index contributed by atoms with van der Waals surface area (Å²) in [5.74, 6) is -1.13. The zero-order valence-electron chi connectivity index (χ0n) is 12.0. The first-order valence-corrected chi connectivity index (χ1v) is 6.65. The van der Waals surface area contributed by atoms with E-state index in [0.717, 1.165) is 6.42 Å². The van der Waals surface area contributed by atoms with Crippen molar-refractivity contribution in [2.75, 3.05) is 13.6 Å². The minimum atomic E-state index is -1.09. The van der Waals surface area contributed by atoms with Gasteiger partial charge in [0, 0.05) is 14.0 Å². The van der Waals surface area contributed by atoms with Gasteiger partial charge in [0.2, 0.25) is 11.8 Å². The van der Waals surface area contributed by atoms with Crippen LogP contribution in [0.15, 0.2) is 6.20 Å². The Morgan fingerprint density at radius 2 is 2.14 bits per heavy atom. The second-order valence-corrected chi connectivity index (χ2v) is 5.31. The molecule has 0 aromatic carbocycles. The van der Waals surface area contributed by atoms with Gasteiger partial charge >= 0.3 is 5.97 Å². The van der Waals surface area contributed by atoms with Crippen molar-refractivity contribution in [2.45, 2.75) is 31.7 Å². The lowest BCUT2D eigenvalue weighted by Gasteiger charge is -2.41. The summed E-state index contributed by atoms with van der Waals surface area (Å²) in [6.07, 6.45) is 3.54. The standard InChI is InChI=1S/C13H18N4O4/c1-8(18)17(2)7-10(19)16-13(4-3-5-13)12-14-6-9(15-12)11(20)21/h6H,3-5,7H2,1-2H3,(H,14,15)(H,16,19)(H,20,21). The molecule has 1 aliphatic rings. The van der Waals surface area contributed by atoms with E-state index in [1.54, 1.807) is 7.05 Å². The zero-order valence-corrected chi connectivity index (χ0v) is 12.0. The molecular weight excluding hydrogens is 276 g/mol. The molecule has 21 heavy (non-hydrogen) atoms. The average molecular weight is 294 g/mol. The molecule has 0 unspecified atom stereocenters. The van der Waals surface area contributed by atoms with Gasteiger partial charge in [-0.3, -0.25) is 9.59 Å². The first-order valence-electron chi connectivity index (χ1n) is 6.65. The predicted octanol–water partition coefficient (Wildman–Crippen LogP) is 0.0816. The number of nitrogens with one attached hydrogen (secondary N) is 2. The maximum atomic E-state index is 12.0. The Morgan fingerprint density at radius 3 is 2.57 bits per heavy atom. The van der Waals surface area contributed by atoms with Crippen LogP contribution in [0.25, 0.3) is 0 Å². The number of aromatic nitrogens is 2. The van der Waals surface area contributed by atoms with E-state index in [-0.39, 0.29) is 24.1 Å². The molecular formula is C13H18N4O4. The summed E-state index contributed by atoms with van der Waals surface area (Å²) in [6, 6.07) is 0. The first-order chi connectivity index (χ1) is 9.84. The lowest BCUT2D eigenvalue weighted by molar-refractivity contribution is -0.134. The van der Waals surface area contributed by atoms with Gasteiger partial charge in [0.15, 0.2) is 0 Å². The van der Waals surface area contributed by atoms with Crippen LogP contribution in [0, 0.1) is 0 Å². The number of carbonyl (C=O) groups excluding carboxylic acids is 2. The Labute approximate surface area is 121 Å². The number of carbonyl (C=O) groups is 3. The Bertz CT molecular complexity index is 576. The topological polar surface area (TPSA) is 115 Å². The third-order valence-corrected chi connectivity index (χ3v) is 3.76. The smallest absolute Gasteiger partial charge is 0.353 e. The van der Waals surface area contributed by atoms with Crippen LogP contribution in [0.3, 0.4) is 0 Å². The molecule has 8 nitrogen and oxygen atoms in total. The first kappa shape index (κ1) is 15.0. The van der Waals surface area contributed by atoms with Gasteiger partial charge < -0.3 is 20.3 Å². The van der Waals surface area contributed by atoms with Crippen LogP contribution in [0.2, 0.25) is 0 Å². The number of aromatic carboxylic acids is 1. The fourth-order valence-corrected chi connectivity index (χ4v) is 2.26. The number of hydrogen-bond acceptors (Lipinski definition) is 4. The van der Waals surface area contributed by atoms with Gasteiger partial charge in [-0.1, -0.05) is 0 Å². The molecule has 0 saturated heterocycles. The third-order valence-electron chi connectivity index (χ3n) is 3.76. The quantitative estimate of drug-likeness (QED) is 0.711. The Morgan fingerprint density at radius 1 is 1.48 bits per heavy atom. The third kappa shape index (κ3) is 3.04. The summed E-state index contributed by atoms with van der Waals surface area (Å²) in [5, 5.41) is 11.8. The van der Waals surface area contributed by atoms with Crippen LogP contribution >= 0.6 is 0 Å². The van der Waals surface area contributed by atoms with Gasteiger partial charge in [-0.15, -0.1) is 0 Å². The molecule has 1 aliphatic carbocycles. The molecule has 1 saturated carbocycles. The number of H-pyrrole nitrogens is 1. The number of carboxylic acids is 1. The molecule has 0 bridgehead atoms. The molecule has 2 rings (SSSR count). The maximum Gasteiger partial charge on any atom is 0.353 e. The van der Waals surface area contributed by atoms with Crippen LogP contribution in [-0.2, 0) is 15.1 Å². The van der Waals surface area contributed by atoms with Crippen molar-refractivity contribution in [1.29, 1.82) is 0 Å². The van der Waals surface area contributed by atoms with Crippen LogP contribution in [0.1, 0.15) is 42.5 Å². The highest BCUT2D eigenvalue weighted by Crippen LogP contribution is 2.39. The highest BCUT2D eigenvalue weighted by molar-refractivity contribution is 5.85. The molecule has 1 heterocycles. The predicted molar refractivity (Wildman–Crippen MR) is 72.5 cm³/mol. The SMILES string of the molecule is CC(=O)N(C)CC(=O)NC1(c2ncc(C(=O)O)[nH]2)CCC1. The fraction of sp³-hybridized carbons (Fsp3) is 0.538. The van der Waals surface area contributed by atoms with Crippen molar-refractivity contribution < 1.29 is 19.5 Å². The number of nitrogens with zero attached hydrogens (tertiary/aromatic N) is 2. The minimum absolute atomic E-state index is 0.00798. The molecule has 0 spiro atoms. The van der Waals surface area contributed by atoms with E-state index in [0.29, 0.717) is 18.7 Å². The van der Waals surface area contributed by atoms with Gasteiger partial charge in [-0.2, -0.15) is 0 Å². The molecule has 0 aliphatic heterocycles. The average Bonchev–Trinajstić information content (AvgIpc) is 2.83.